The highest BCUT2D eigenvalue weighted by atomic mass is 32.1. The third-order valence-corrected chi connectivity index (χ3v) is 4.29. The molecule has 2 rings (SSSR count). The molecule has 0 spiro atoms. The first-order valence-electron chi connectivity index (χ1n) is 7.12. The van der Waals surface area contributed by atoms with Crippen molar-refractivity contribution in [3.63, 3.8) is 0 Å². The average Bonchev–Trinajstić information content (AvgIpc) is 2.88. The van der Waals surface area contributed by atoms with Crippen LogP contribution in [0.2, 0.25) is 0 Å². The van der Waals surface area contributed by atoms with Crippen molar-refractivity contribution in [2.24, 2.45) is 5.92 Å². The molecule has 0 aromatic carbocycles. The summed E-state index contributed by atoms with van der Waals surface area (Å²) in [7, 11) is 0. The molecule has 0 saturated heterocycles. The molecule has 110 valence electrons. The van der Waals surface area contributed by atoms with Crippen LogP contribution in [0.25, 0.3) is 0 Å². The maximum atomic E-state index is 4.66. The SMILES string of the molecule is Cc1csc(Cn2nc(C)c(CNCC(C)C)c2C)n1. The van der Waals surface area contributed by atoms with Crippen LogP contribution in [0.4, 0.5) is 0 Å². The summed E-state index contributed by atoms with van der Waals surface area (Å²) in [5, 5.41) is 11.4. The predicted molar refractivity (Wildman–Crippen MR) is 84.2 cm³/mol. The summed E-state index contributed by atoms with van der Waals surface area (Å²) < 4.78 is 2.07. The van der Waals surface area contributed by atoms with Crippen molar-refractivity contribution in [3.05, 3.63) is 33.0 Å². The molecule has 2 heterocycles. The molecule has 5 heteroatoms. The summed E-state index contributed by atoms with van der Waals surface area (Å²) in [5.74, 6) is 0.670. The van der Waals surface area contributed by atoms with E-state index in [4.69, 9.17) is 0 Å². The van der Waals surface area contributed by atoms with E-state index in [2.05, 4.69) is 53.2 Å². The van der Waals surface area contributed by atoms with Gasteiger partial charge in [0.25, 0.3) is 0 Å². The number of nitrogens with zero attached hydrogens (tertiary/aromatic N) is 3. The third kappa shape index (κ3) is 3.67. The molecule has 0 saturated carbocycles. The lowest BCUT2D eigenvalue weighted by atomic mass is 10.2. The fourth-order valence-electron chi connectivity index (χ4n) is 2.23. The second-order valence-electron chi connectivity index (χ2n) is 5.71. The summed E-state index contributed by atoms with van der Waals surface area (Å²) in [4.78, 5) is 4.51. The van der Waals surface area contributed by atoms with Gasteiger partial charge >= 0.3 is 0 Å². The second kappa shape index (κ2) is 6.50. The molecule has 2 aromatic rings. The van der Waals surface area contributed by atoms with Crippen molar-refractivity contribution >= 4 is 11.3 Å². The monoisotopic (exact) mass is 292 g/mol. The van der Waals surface area contributed by atoms with Gasteiger partial charge in [-0.25, -0.2) is 4.98 Å². The van der Waals surface area contributed by atoms with Gasteiger partial charge in [-0.05, 0) is 33.2 Å². The molecule has 0 atom stereocenters. The largest absolute Gasteiger partial charge is 0.312 e. The Labute approximate surface area is 125 Å². The fraction of sp³-hybridized carbons (Fsp3) is 0.600. The number of aromatic nitrogens is 3. The molecule has 4 nitrogen and oxygen atoms in total. The molecule has 20 heavy (non-hydrogen) atoms. The van der Waals surface area contributed by atoms with Gasteiger partial charge in [-0.3, -0.25) is 4.68 Å². The zero-order valence-corrected chi connectivity index (χ0v) is 13.8. The van der Waals surface area contributed by atoms with E-state index in [1.165, 1.54) is 11.3 Å². The van der Waals surface area contributed by atoms with E-state index < -0.39 is 0 Å². The molecule has 0 radical (unpaired) electrons. The summed E-state index contributed by atoms with van der Waals surface area (Å²) in [6.45, 7) is 13.4. The molecular weight excluding hydrogens is 268 g/mol. The molecule has 0 aliphatic heterocycles. The smallest absolute Gasteiger partial charge is 0.114 e. The van der Waals surface area contributed by atoms with E-state index in [0.29, 0.717) is 5.92 Å². The Kier molecular flexibility index (Phi) is 4.94. The Bertz CT molecular complexity index is 568. The standard InChI is InChI=1S/C15H24N4S/c1-10(2)6-16-7-14-12(4)18-19(13(14)5)8-15-17-11(3)9-20-15/h9-10,16H,6-8H2,1-5H3. The second-order valence-corrected chi connectivity index (χ2v) is 6.66. The van der Waals surface area contributed by atoms with Crippen LogP contribution >= 0.6 is 11.3 Å². The molecule has 0 bridgehead atoms. The number of nitrogens with one attached hydrogen (secondary N) is 1. The highest BCUT2D eigenvalue weighted by Crippen LogP contribution is 2.16. The quantitative estimate of drug-likeness (QED) is 0.890. The van der Waals surface area contributed by atoms with Crippen LogP contribution in [0, 0.1) is 26.7 Å². The maximum absolute atomic E-state index is 4.66. The normalized spacial score (nSPS) is 11.5. The summed E-state index contributed by atoms with van der Waals surface area (Å²) in [5.41, 5.74) is 4.77. The highest BCUT2D eigenvalue weighted by molar-refractivity contribution is 7.09. The molecular formula is C15H24N4S. The van der Waals surface area contributed by atoms with Gasteiger partial charge < -0.3 is 5.32 Å². The van der Waals surface area contributed by atoms with Crippen molar-refractivity contribution in [1.29, 1.82) is 0 Å². The molecule has 0 aliphatic carbocycles. The number of hydrogen-bond donors (Lipinski definition) is 1. The van der Waals surface area contributed by atoms with E-state index in [0.717, 1.165) is 36.0 Å². The maximum Gasteiger partial charge on any atom is 0.114 e. The van der Waals surface area contributed by atoms with Crippen molar-refractivity contribution in [2.75, 3.05) is 6.54 Å². The average molecular weight is 292 g/mol. The molecule has 0 unspecified atom stereocenters. The topological polar surface area (TPSA) is 42.7 Å². The molecule has 1 N–H and O–H groups in total. The van der Waals surface area contributed by atoms with Gasteiger partial charge in [-0.2, -0.15) is 5.10 Å². The van der Waals surface area contributed by atoms with Crippen molar-refractivity contribution < 1.29 is 0 Å². The number of rotatable bonds is 6. The molecule has 2 aromatic heterocycles. The lowest BCUT2D eigenvalue weighted by Crippen LogP contribution is -2.19. The Hall–Kier alpha value is -1.20. The third-order valence-electron chi connectivity index (χ3n) is 3.34. The Morgan fingerprint density at radius 2 is 2.05 bits per heavy atom. The van der Waals surface area contributed by atoms with E-state index in [1.54, 1.807) is 11.3 Å². The Morgan fingerprint density at radius 1 is 1.30 bits per heavy atom. The van der Waals surface area contributed by atoms with Crippen LogP contribution in [0.3, 0.4) is 0 Å². The molecule has 0 aliphatic rings. The van der Waals surface area contributed by atoms with Crippen molar-refractivity contribution in [3.8, 4) is 0 Å². The van der Waals surface area contributed by atoms with Crippen LogP contribution < -0.4 is 5.32 Å². The van der Waals surface area contributed by atoms with Gasteiger partial charge in [0.15, 0.2) is 0 Å². The highest BCUT2D eigenvalue weighted by Gasteiger charge is 2.12. The van der Waals surface area contributed by atoms with Gasteiger partial charge in [0.1, 0.15) is 5.01 Å². The summed E-state index contributed by atoms with van der Waals surface area (Å²) >= 11 is 1.70. The molecule has 0 fully saturated rings. The van der Waals surface area contributed by atoms with Crippen molar-refractivity contribution in [2.45, 2.75) is 47.7 Å². The lowest BCUT2D eigenvalue weighted by molar-refractivity contribution is 0.550. The minimum absolute atomic E-state index is 0.670. The van der Waals surface area contributed by atoms with Gasteiger partial charge in [-0.1, -0.05) is 13.8 Å². The Morgan fingerprint density at radius 3 is 2.65 bits per heavy atom. The van der Waals surface area contributed by atoms with E-state index in [9.17, 15) is 0 Å². The number of aryl methyl sites for hydroxylation is 2. The van der Waals surface area contributed by atoms with Crippen LogP contribution in [-0.2, 0) is 13.1 Å². The summed E-state index contributed by atoms with van der Waals surface area (Å²) in [6.07, 6.45) is 0. The Balaban J connectivity index is 2.08. The van der Waals surface area contributed by atoms with Gasteiger partial charge in [0.2, 0.25) is 0 Å². The first kappa shape index (κ1) is 15.2. The molecule has 0 amide bonds. The van der Waals surface area contributed by atoms with Gasteiger partial charge in [-0.15, -0.1) is 11.3 Å². The predicted octanol–water partition coefficient (Wildman–Crippen LogP) is 3.06. The first-order valence-corrected chi connectivity index (χ1v) is 8.00. The van der Waals surface area contributed by atoms with E-state index in [-0.39, 0.29) is 0 Å². The minimum Gasteiger partial charge on any atom is -0.312 e. The fourth-order valence-corrected chi connectivity index (χ4v) is 2.99. The lowest BCUT2D eigenvalue weighted by Gasteiger charge is -2.08. The number of thiazole rings is 1. The zero-order valence-electron chi connectivity index (χ0n) is 13.0. The van der Waals surface area contributed by atoms with Crippen LogP contribution in [0.15, 0.2) is 5.38 Å². The van der Waals surface area contributed by atoms with Crippen molar-refractivity contribution in [1.82, 2.24) is 20.1 Å². The number of hydrogen-bond acceptors (Lipinski definition) is 4. The van der Waals surface area contributed by atoms with Gasteiger partial charge in [0.05, 0.1) is 12.2 Å². The van der Waals surface area contributed by atoms with Crippen LogP contribution in [-0.4, -0.2) is 21.3 Å². The minimum atomic E-state index is 0.670. The van der Waals surface area contributed by atoms with E-state index >= 15 is 0 Å². The van der Waals surface area contributed by atoms with Crippen LogP contribution in [0.5, 0.6) is 0 Å². The van der Waals surface area contributed by atoms with Crippen LogP contribution in [0.1, 0.15) is 41.5 Å². The first-order chi connectivity index (χ1) is 9.47. The zero-order chi connectivity index (χ0) is 14.7. The van der Waals surface area contributed by atoms with Gasteiger partial charge in [0, 0.05) is 28.9 Å². The van der Waals surface area contributed by atoms with E-state index in [1.807, 2.05) is 6.92 Å². The summed E-state index contributed by atoms with van der Waals surface area (Å²) in [6, 6.07) is 0.